The van der Waals surface area contributed by atoms with E-state index in [4.69, 9.17) is 0 Å². The molecule has 1 aromatic heterocycles. The Morgan fingerprint density at radius 3 is 2.35 bits per heavy atom. The normalized spacial score (nSPS) is 11.3. The summed E-state index contributed by atoms with van der Waals surface area (Å²) in [4.78, 5) is 2.30. The first kappa shape index (κ1) is 14.4. The molecule has 0 aliphatic heterocycles. The van der Waals surface area contributed by atoms with Crippen molar-refractivity contribution in [1.82, 2.24) is 10.2 Å². The van der Waals surface area contributed by atoms with Crippen LogP contribution in [0.2, 0.25) is 0 Å². The molecule has 0 saturated carbocycles. The Morgan fingerprint density at radius 2 is 1.85 bits per heavy atom. The average Bonchev–Trinajstić information content (AvgIpc) is 2.96. The second kappa shape index (κ2) is 5.96. The van der Waals surface area contributed by atoms with Gasteiger partial charge in [-0.15, -0.1) is 0 Å². The van der Waals surface area contributed by atoms with Gasteiger partial charge in [-0.05, 0) is 38.1 Å². The SMILES string of the molecule is CCN(CC)c1ccc(NS(=O)(=O)c2cn[nH]c2)cc1. The molecule has 1 heterocycles. The number of hydrogen-bond acceptors (Lipinski definition) is 4. The van der Waals surface area contributed by atoms with Crippen molar-refractivity contribution in [2.24, 2.45) is 0 Å². The van der Waals surface area contributed by atoms with Gasteiger partial charge in [-0.2, -0.15) is 5.10 Å². The highest BCUT2D eigenvalue weighted by Crippen LogP contribution is 2.20. The molecule has 0 unspecified atom stereocenters. The second-order valence-corrected chi connectivity index (χ2v) is 5.94. The zero-order valence-electron chi connectivity index (χ0n) is 11.5. The van der Waals surface area contributed by atoms with Crippen molar-refractivity contribution in [1.29, 1.82) is 0 Å². The maximum Gasteiger partial charge on any atom is 0.265 e. The third-order valence-corrected chi connectivity index (χ3v) is 4.38. The number of sulfonamides is 1. The number of aromatic amines is 1. The zero-order valence-corrected chi connectivity index (χ0v) is 12.3. The first-order valence-corrected chi connectivity index (χ1v) is 7.91. The van der Waals surface area contributed by atoms with Gasteiger partial charge in [0.05, 0.1) is 6.20 Å². The maximum atomic E-state index is 12.0. The molecule has 0 fully saturated rings. The third kappa shape index (κ3) is 3.11. The molecule has 0 radical (unpaired) electrons. The van der Waals surface area contributed by atoms with E-state index in [0.717, 1.165) is 18.8 Å². The number of nitrogens with one attached hydrogen (secondary N) is 2. The molecular formula is C13H18N4O2S. The molecule has 20 heavy (non-hydrogen) atoms. The molecule has 2 aromatic rings. The zero-order chi connectivity index (χ0) is 14.6. The van der Waals surface area contributed by atoms with E-state index in [-0.39, 0.29) is 4.90 Å². The Balaban J connectivity index is 2.15. The van der Waals surface area contributed by atoms with Gasteiger partial charge in [0.15, 0.2) is 0 Å². The predicted octanol–water partition coefficient (Wildman–Crippen LogP) is 2.06. The minimum atomic E-state index is -3.57. The Kier molecular flexibility index (Phi) is 4.29. The monoisotopic (exact) mass is 294 g/mol. The van der Waals surface area contributed by atoms with Gasteiger partial charge in [0.25, 0.3) is 10.0 Å². The smallest absolute Gasteiger partial charge is 0.265 e. The number of rotatable bonds is 6. The minimum Gasteiger partial charge on any atom is -0.372 e. The van der Waals surface area contributed by atoms with Crippen molar-refractivity contribution in [3.63, 3.8) is 0 Å². The van der Waals surface area contributed by atoms with Crippen molar-refractivity contribution in [3.05, 3.63) is 36.7 Å². The van der Waals surface area contributed by atoms with Gasteiger partial charge >= 0.3 is 0 Å². The topological polar surface area (TPSA) is 78.1 Å². The van der Waals surface area contributed by atoms with Crippen LogP contribution in [-0.2, 0) is 10.0 Å². The van der Waals surface area contributed by atoms with E-state index in [1.165, 1.54) is 12.4 Å². The summed E-state index contributed by atoms with van der Waals surface area (Å²) in [6, 6.07) is 7.32. The van der Waals surface area contributed by atoms with Gasteiger partial charge in [-0.3, -0.25) is 9.82 Å². The maximum absolute atomic E-state index is 12.0. The number of anilines is 2. The summed E-state index contributed by atoms with van der Waals surface area (Å²) >= 11 is 0. The van der Waals surface area contributed by atoms with Crippen molar-refractivity contribution in [2.75, 3.05) is 22.7 Å². The quantitative estimate of drug-likeness (QED) is 0.855. The van der Waals surface area contributed by atoms with Crippen LogP contribution in [0.5, 0.6) is 0 Å². The van der Waals surface area contributed by atoms with E-state index in [0.29, 0.717) is 5.69 Å². The lowest BCUT2D eigenvalue weighted by Gasteiger charge is -2.21. The highest BCUT2D eigenvalue weighted by molar-refractivity contribution is 7.92. The van der Waals surface area contributed by atoms with Crippen LogP contribution in [-0.4, -0.2) is 31.7 Å². The lowest BCUT2D eigenvalue weighted by molar-refractivity contribution is 0.601. The van der Waals surface area contributed by atoms with E-state index in [1.54, 1.807) is 12.1 Å². The molecule has 6 nitrogen and oxygen atoms in total. The van der Waals surface area contributed by atoms with Gasteiger partial charge in [0.2, 0.25) is 0 Å². The second-order valence-electron chi connectivity index (χ2n) is 4.26. The molecule has 0 bridgehead atoms. The van der Waals surface area contributed by atoms with Gasteiger partial charge in [0.1, 0.15) is 4.90 Å². The van der Waals surface area contributed by atoms with E-state index >= 15 is 0 Å². The number of aromatic nitrogens is 2. The minimum absolute atomic E-state index is 0.116. The molecule has 0 atom stereocenters. The van der Waals surface area contributed by atoms with Crippen LogP contribution in [0.3, 0.4) is 0 Å². The fourth-order valence-electron chi connectivity index (χ4n) is 1.93. The van der Waals surface area contributed by atoms with E-state index < -0.39 is 10.0 Å². The average molecular weight is 294 g/mol. The van der Waals surface area contributed by atoms with Gasteiger partial charge in [0, 0.05) is 30.7 Å². The highest BCUT2D eigenvalue weighted by atomic mass is 32.2. The van der Waals surface area contributed by atoms with Crippen molar-refractivity contribution in [2.45, 2.75) is 18.7 Å². The molecule has 2 rings (SSSR count). The molecular weight excluding hydrogens is 276 g/mol. The molecule has 1 aromatic carbocycles. The highest BCUT2D eigenvalue weighted by Gasteiger charge is 2.15. The van der Waals surface area contributed by atoms with Gasteiger partial charge < -0.3 is 4.90 Å². The van der Waals surface area contributed by atoms with Crippen LogP contribution < -0.4 is 9.62 Å². The van der Waals surface area contributed by atoms with Gasteiger partial charge in [-0.25, -0.2) is 8.42 Å². The van der Waals surface area contributed by atoms with Crippen molar-refractivity contribution < 1.29 is 8.42 Å². The number of hydrogen-bond donors (Lipinski definition) is 2. The largest absolute Gasteiger partial charge is 0.372 e. The first-order valence-electron chi connectivity index (χ1n) is 6.43. The van der Waals surface area contributed by atoms with Crippen LogP contribution in [0.1, 0.15) is 13.8 Å². The fraction of sp³-hybridized carbons (Fsp3) is 0.308. The summed E-state index contributed by atoms with van der Waals surface area (Å²) in [7, 11) is -3.57. The lowest BCUT2D eigenvalue weighted by atomic mass is 10.2. The van der Waals surface area contributed by atoms with E-state index in [2.05, 4.69) is 33.7 Å². The summed E-state index contributed by atoms with van der Waals surface area (Å²) in [5, 5.41) is 6.12. The first-order chi connectivity index (χ1) is 9.56. The summed E-state index contributed by atoms with van der Waals surface area (Å²) in [6.07, 6.45) is 2.61. The molecule has 108 valence electrons. The number of benzene rings is 1. The van der Waals surface area contributed by atoms with Gasteiger partial charge in [-0.1, -0.05) is 0 Å². The molecule has 0 aliphatic carbocycles. The van der Waals surface area contributed by atoms with Crippen LogP contribution in [0.15, 0.2) is 41.6 Å². The Morgan fingerprint density at radius 1 is 1.20 bits per heavy atom. The summed E-state index contributed by atoms with van der Waals surface area (Å²) in [6.45, 7) is 5.99. The predicted molar refractivity (Wildman–Crippen MR) is 79.4 cm³/mol. The van der Waals surface area contributed by atoms with Crippen LogP contribution >= 0.6 is 0 Å². The lowest BCUT2D eigenvalue weighted by Crippen LogP contribution is -2.21. The standard InChI is InChI=1S/C13H18N4O2S/c1-3-17(4-2)12-7-5-11(6-8-12)16-20(18,19)13-9-14-15-10-13/h5-10,16H,3-4H2,1-2H3,(H,14,15). The summed E-state index contributed by atoms with van der Waals surface area (Å²) < 4.78 is 26.5. The van der Waals surface area contributed by atoms with Crippen molar-refractivity contribution >= 4 is 21.4 Å². The molecule has 0 spiro atoms. The Bertz CT molecular complexity index is 632. The molecule has 0 saturated heterocycles. The number of H-pyrrole nitrogens is 1. The molecule has 0 aliphatic rings. The third-order valence-electron chi connectivity index (χ3n) is 3.03. The molecule has 0 amide bonds. The Labute approximate surface area is 118 Å². The van der Waals surface area contributed by atoms with Crippen LogP contribution in [0.4, 0.5) is 11.4 Å². The fourth-order valence-corrected chi connectivity index (χ4v) is 2.89. The Hall–Kier alpha value is -2.02. The van der Waals surface area contributed by atoms with Crippen LogP contribution in [0.25, 0.3) is 0 Å². The molecule has 7 heteroatoms. The van der Waals surface area contributed by atoms with E-state index in [9.17, 15) is 8.42 Å². The summed E-state index contributed by atoms with van der Waals surface area (Å²) in [5.74, 6) is 0. The van der Waals surface area contributed by atoms with E-state index in [1.807, 2.05) is 12.1 Å². The van der Waals surface area contributed by atoms with Crippen molar-refractivity contribution in [3.8, 4) is 0 Å². The molecule has 2 N–H and O–H groups in total. The number of nitrogens with zero attached hydrogens (tertiary/aromatic N) is 2. The summed E-state index contributed by atoms with van der Waals surface area (Å²) in [5.41, 5.74) is 1.60. The van der Waals surface area contributed by atoms with Crippen LogP contribution in [0, 0.1) is 0 Å².